The van der Waals surface area contributed by atoms with Gasteiger partial charge in [0.15, 0.2) is 0 Å². The molecule has 0 bridgehead atoms. The molecule has 0 N–H and O–H groups in total. The van der Waals surface area contributed by atoms with Crippen molar-refractivity contribution < 1.29 is 0 Å². The minimum absolute atomic E-state index is 0.957. The number of benzene rings is 4. The highest BCUT2D eigenvalue weighted by molar-refractivity contribution is 5.86. The van der Waals surface area contributed by atoms with E-state index < -0.39 is 0 Å². The van der Waals surface area contributed by atoms with E-state index in [1.165, 1.54) is 32.7 Å². The van der Waals surface area contributed by atoms with Crippen LogP contribution in [0.1, 0.15) is 11.1 Å². The van der Waals surface area contributed by atoms with Crippen molar-refractivity contribution in [3.63, 3.8) is 0 Å². The first-order valence-electron chi connectivity index (χ1n) is 10.0. The summed E-state index contributed by atoms with van der Waals surface area (Å²) in [6.07, 6.45) is 0. The molecule has 0 amide bonds. The number of rotatable bonds is 7. The maximum absolute atomic E-state index is 2.57. The van der Waals surface area contributed by atoms with Crippen molar-refractivity contribution in [1.29, 1.82) is 0 Å². The van der Waals surface area contributed by atoms with E-state index in [0.29, 0.717) is 0 Å². The summed E-state index contributed by atoms with van der Waals surface area (Å²) in [7, 11) is 4.29. The predicted octanol–water partition coefficient (Wildman–Crippen LogP) is 5.56. The minimum Gasteiger partial charge on any atom is -0.308 e. The second-order valence-corrected chi connectivity index (χ2v) is 7.79. The molecule has 28 heavy (non-hydrogen) atoms. The lowest BCUT2D eigenvalue weighted by Crippen LogP contribution is -2.31. The fraction of sp³-hybridized carbons (Fsp3) is 0.231. The Morgan fingerprint density at radius 2 is 1.00 bits per heavy atom. The second-order valence-electron chi connectivity index (χ2n) is 7.79. The Balaban J connectivity index is 1.65. The van der Waals surface area contributed by atoms with E-state index in [0.717, 1.165) is 26.2 Å². The molecule has 0 spiro atoms. The van der Waals surface area contributed by atoms with Gasteiger partial charge in [0.1, 0.15) is 0 Å². The summed E-state index contributed by atoms with van der Waals surface area (Å²) < 4.78 is 0. The van der Waals surface area contributed by atoms with E-state index >= 15 is 0 Å². The standard InChI is InChI=1S/C26H28N2/c1-27(2)17-18-28(19-23-13-7-11-21-9-3-5-15-25(21)23)20-24-14-8-12-22-10-4-6-16-26(22)24/h3-16H,17-20H2,1-2H3. The summed E-state index contributed by atoms with van der Waals surface area (Å²) in [4.78, 5) is 4.84. The van der Waals surface area contributed by atoms with Crippen LogP contribution < -0.4 is 0 Å². The highest BCUT2D eigenvalue weighted by Gasteiger charge is 2.11. The molecule has 142 valence electrons. The fourth-order valence-corrected chi connectivity index (χ4v) is 3.90. The summed E-state index contributed by atoms with van der Waals surface area (Å²) in [6.45, 7) is 4.01. The Kier molecular flexibility index (Phi) is 5.70. The van der Waals surface area contributed by atoms with Crippen molar-refractivity contribution in [3.05, 3.63) is 96.1 Å². The highest BCUT2D eigenvalue weighted by Crippen LogP contribution is 2.23. The van der Waals surface area contributed by atoms with Gasteiger partial charge in [-0.3, -0.25) is 4.90 Å². The smallest absolute Gasteiger partial charge is 0.0243 e. The number of hydrogen-bond donors (Lipinski definition) is 0. The number of nitrogens with zero attached hydrogens (tertiary/aromatic N) is 2. The first kappa shape index (κ1) is 18.7. The van der Waals surface area contributed by atoms with Gasteiger partial charge >= 0.3 is 0 Å². The zero-order valence-corrected chi connectivity index (χ0v) is 16.8. The molecule has 0 saturated carbocycles. The third-order valence-corrected chi connectivity index (χ3v) is 5.41. The summed E-state index contributed by atoms with van der Waals surface area (Å²) in [5.41, 5.74) is 2.80. The maximum atomic E-state index is 2.57. The van der Waals surface area contributed by atoms with Crippen LogP contribution >= 0.6 is 0 Å². The summed E-state index contributed by atoms with van der Waals surface area (Å²) in [6, 6.07) is 30.7. The normalized spacial score (nSPS) is 11.7. The van der Waals surface area contributed by atoms with Gasteiger partial charge in [-0.25, -0.2) is 0 Å². The van der Waals surface area contributed by atoms with E-state index in [1.54, 1.807) is 0 Å². The molecule has 4 aromatic carbocycles. The second kappa shape index (κ2) is 8.55. The van der Waals surface area contributed by atoms with Crippen molar-refractivity contribution in [2.45, 2.75) is 13.1 Å². The van der Waals surface area contributed by atoms with Gasteiger partial charge in [-0.05, 0) is 46.8 Å². The van der Waals surface area contributed by atoms with Crippen molar-refractivity contribution in [2.24, 2.45) is 0 Å². The molecular weight excluding hydrogens is 340 g/mol. The van der Waals surface area contributed by atoms with Gasteiger partial charge in [0.05, 0.1) is 0 Å². The van der Waals surface area contributed by atoms with Crippen LogP contribution in [0, 0.1) is 0 Å². The van der Waals surface area contributed by atoms with E-state index in [9.17, 15) is 0 Å². The number of hydrogen-bond acceptors (Lipinski definition) is 2. The maximum Gasteiger partial charge on any atom is 0.0243 e. The molecule has 4 rings (SSSR count). The fourth-order valence-electron chi connectivity index (χ4n) is 3.90. The monoisotopic (exact) mass is 368 g/mol. The Labute approximate surface area is 168 Å². The summed E-state index contributed by atoms with van der Waals surface area (Å²) in [5.74, 6) is 0. The van der Waals surface area contributed by atoms with Crippen molar-refractivity contribution >= 4 is 21.5 Å². The Hall–Kier alpha value is -2.68. The zero-order valence-electron chi connectivity index (χ0n) is 16.8. The van der Waals surface area contributed by atoms with Crippen molar-refractivity contribution in [3.8, 4) is 0 Å². The zero-order chi connectivity index (χ0) is 19.3. The predicted molar refractivity (Wildman–Crippen MR) is 121 cm³/mol. The third-order valence-electron chi connectivity index (χ3n) is 5.41. The van der Waals surface area contributed by atoms with Gasteiger partial charge in [0.2, 0.25) is 0 Å². The average Bonchev–Trinajstić information content (AvgIpc) is 2.72. The van der Waals surface area contributed by atoms with Gasteiger partial charge in [-0.2, -0.15) is 0 Å². The topological polar surface area (TPSA) is 6.48 Å². The third kappa shape index (κ3) is 4.24. The van der Waals surface area contributed by atoms with Crippen LogP contribution in [0.2, 0.25) is 0 Å². The molecule has 0 heterocycles. The van der Waals surface area contributed by atoms with Gasteiger partial charge < -0.3 is 4.90 Å². The molecule has 4 aromatic rings. The first-order valence-corrected chi connectivity index (χ1v) is 10.0. The average molecular weight is 369 g/mol. The van der Waals surface area contributed by atoms with Gasteiger partial charge in [-0.1, -0.05) is 84.9 Å². The Morgan fingerprint density at radius 1 is 0.536 bits per heavy atom. The molecule has 2 nitrogen and oxygen atoms in total. The summed E-state index contributed by atoms with van der Waals surface area (Å²) >= 11 is 0. The lowest BCUT2D eigenvalue weighted by molar-refractivity contribution is 0.227. The number of fused-ring (bicyclic) bond motifs is 2. The van der Waals surface area contributed by atoms with Crippen LogP contribution in [-0.2, 0) is 13.1 Å². The lowest BCUT2D eigenvalue weighted by Gasteiger charge is -2.25. The van der Waals surface area contributed by atoms with Gasteiger partial charge in [0, 0.05) is 26.2 Å². The lowest BCUT2D eigenvalue weighted by atomic mass is 10.0. The molecule has 0 aliphatic rings. The van der Waals surface area contributed by atoms with Gasteiger partial charge in [0.25, 0.3) is 0 Å². The van der Waals surface area contributed by atoms with Crippen molar-refractivity contribution in [1.82, 2.24) is 9.80 Å². The molecule has 0 saturated heterocycles. The van der Waals surface area contributed by atoms with Crippen LogP contribution in [0.5, 0.6) is 0 Å². The molecule has 2 heteroatoms. The molecule has 0 aliphatic carbocycles. The molecule has 0 aliphatic heterocycles. The first-order chi connectivity index (χ1) is 13.7. The van der Waals surface area contributed by atoms with Crippen LogP contribution in [0.3, 0.4) is 0 Å². The van der Waals surface area contributed by atoms with Crippen LogP contribution in [0.4, 0.5) is 0 Å². The van der Waals surface area contributed by atoms with E-state index in [1.807, 2.05) is 0 Å². The van der Waals surface area contributed by atoms with E-state index in [2.05, 4.69) is 109 Å². The van der Waals surface area contributed by atoms with Crippen molar-refractivity contribution in [2.75, 3.05) is 27.2 Å². The molecule has 0 radical (unpaired) electrons. The minimum atomic E-state index is 0.957. The Morgan fingerprint density at radius 3 is 1.50 bits per heavy atom. The SMILES string of the molecule is CN(C)CCN(Cc1cccc2ccccc12)Cc1cccc2ccccc12. The largest absolute Gasteiger partial charge is 0.308 e. The molecular formula is C26H28N2. The molecule has 0 atom stereocenters. The molecule has 0 aromatic heterocycles. The van der Waals surface area contributed by atoms with Crippen LogP contribution in [0.25, 0.3) is 21.5 Å². The van der Waals surface area contributed by atoms with Crippen LogP contribution in [-0.4, -0.2) is 37.0 Å². The summed E-state index contributed by atoms with van der Waals surface area (Å²) in [5, 5.41) is 5.35. The quantitative estimate of drug-likeness (QED) is 0.421. The molecule has 0 fully saturated rings. The molecule has 0 unspecified atom stereocenters. The van der Waals surface area contributed by atoms with Gasteiger partial charge in [-0.15, -0.1) is 0 Å². The Bertz CT molecular complexity index is 976. The van der Waals surface area contributed by atoms with E-state index in [4.69, 9.17) is 0 Å². The van der Waals surface area contributed by atoms with E-state index in [-0.39, 0.29) is 0 Å². The van der Waals surface area contributed by atoms with Crippen LogP contribution in [0.15, 0.2) is 84.9 Å². The highest BCUT2D eigenvalue weighted by atomic mass is 15.2. The number of likely N-dealkylation sites (N-methyl/N-ethyl adjacent to an activating group) is 1.